The van der Waals surface area contributed by atoms with Gasteiger partial charge in [0.1, 0.15) is 0 Å². The summed E-state index contributed by atoms with van der Waals surface area (Å²) in [4.78, 5) is 8.98. The zero-order valence-electron chi connectivity index (χ0n) is 12.3. The topological polar surface area (TPSA) is 37.8 Å². The smallest absolute Gasteiger partial charge is 0.0897 e. The molecular formula is C16H23N3S. The Labute approximate surface area is 125 Å². The second-order valence-corrected chi connectivity index (χ2v) is 6.14. The summed E-state index contributed by atoms with van der Waals surface area (Å²) in [5.74, 6) is 0. The molecule has 0 radical (unpaired) electrons. The van der Waals surface area contributed by atoms with Crippen molar-refractivity contribution >= 4 is 11.3 Å². The number of hydrogen-bond acceptors (Lipinski definition) is 4. The van der Waals surface area contributed by atoms with E-state index >= 15 is 0 Å². The number of nitrogens with zero attached hydrogens (tertiary/aromatic N) is 2. The van der Waals surface area contributed by atoms with E-state index in [9.17, 15) is 0 Å². The molecule has 0 aliphatic heterocycles. The standard InChI is InChI=1S/C16H23N3S/c1-3-9-17-15(11-16-12-20-13(2)19-16)8-7-14-6-4-5-10-18-14/h4-6,10,12,15,17H,3,7-9,11H2,1-2H3. The Morgan fingerprint density at radius 2 is 2.20 bits per heavy atom. The lowest BCUT2D eigenvalue weighted by molar-refractivity contribution is 0.472. The van der Waals surface area contributed by atoms with Crippen molar-refractivity contribution in [2.75, 3.05) is 6.54 Å². The third-order valence-corrected chi connectivity index (χ3v) is 4.10. The molecule has 0 saturated heterocycles. The van der Waals surface area contributed by atoms with Crippen molar-refractivity contribution in [3.05, 3.63) is 46.2 Å². The van der Waals surface area contributed by atoms with E-state index in [2.05, 4.69) is 46.6 Å². The third kappa shape index (κ3) is 5.02. The molecule has 108 valence electrons. The molecule has 2 rings (SSSR count). The van der Waals surface area contributed by atoms with Gasteiger partial charge >= 0.3 is 0 Å². The van der Waals surface area contributed by atoms with Crippen LogP contribution in [-0.4, -0.2) is 22.6 Å². The van der Waals surface area contributed by atoms with Crippen molar-refractivity contribution < 1.29 is 0 Å². The van der Waals surface area contributed by atoms with Gasteiger partial charge in [-0.2, -0.15) is 0 Å². The summed E-state index contributed by atoms with van der Waals surface area (Å²) in [6.45, 7) is 5.34. The molecule has 2 aromatic heterocycles. The maximum Gasteiger partial charge on any atom is 0.0897 e. The van der Waals surface area contributed by atoms with Gasteiger partial charge in [0.25, 0.3) is 0 Å². The van der Waals surface area contributed by atoms with Crippen LogP contribution in [0.1, 0.15) is 36.2 Å². The van der Waals surface area contributed by atoms with Crippen molar-refractivity contribution in [2.24, 2.45) is 0 Å². The van der Waals surface area contributed by atoms with Gasteiger partial charge in [-0.05, 0) is 44.9 Å². The van der Waals surface area contributed by atoms with Crippen LogP contribution in [0.15, 0.2) is 29.8 Å². The molecule has 0 fully saturated rings. The fourth-order valence-corrected chi connectivity index (χ4v) is 2.87. The van der Waals surface area contributed by atoms with Crippen molar-refractivity contribution in [1.29, 1.82) is 0 Å². The Kier molecular flexibility index (Phi) is 6.15. The predicted molar refractivity (Wildman–Crippen MR) is 85.2 cm³/mol. The van der Waals surface area contributed by atoms with E-state index in [1.54, 1.807) is 11.3 Å². The van der Waals surface area contributed by atoms with Gasteiger partial charge in [0, 0.05) is 29.7 Å². The minimum Gasteiger partial charge on any atom is -0.314 e. The van der Waals surface area contributed by atoms with Crippen LogP contribution in [0.4, 0.5) is 0 Å². The summed E-state index contributed by atoms with van der Waals surface area (Å²) in [6, 6.07) is 6.61. The van der Waals surface area contributed by atoms with Crippen molar-refractivity contribution in [3.8, 4) is 0 Å². The molecule has 0 aliphatic carbocycles. The maximum atomic E-state index is 4.58. The maximum absolute atomic E-state index is 4.58. The summed E-state index contributed by atoms with van der Waals surface area (Å²) in [6.07, 6.45) is 6.17. The summed E-state index contributed by atoms with van der Waals surface area (Å²) in [5, 5.41) is 6.96. The molecule has 3 nitrogen and oxygen atoms in total. The van der Waals surface area contributed by atoms with Crippen LogP contribution in [0.3, 0.4) is 0 Å². The molecule has 2 aromatic rings. The van der Waals surface area contributed by atoms with Crippen LogP contribution >= 0.6 is 11.3 Å². The Bertz CT molecular complexity index is 495. The normalized spacial score (nSPS) is 12.5. The first kappa shape index (κ1) is 15.1. The summed E-state index contributed by atoms with van der Waals surface area (Å²) < 4.78 is 0. The number of aryl methyl sites for hydroxylation is 2. The lowest BCUT2D eigenvalue weighted by Gasteiger charge is -2.17. The van der Waals surface area contributed by atoms with Crippen LogP contribution in [0.5, 0.6) is 0 Å². The lowest BCUT2D eigenvalue weighted by atomic mass is 10.0. The molecule has 20 heavy (non-hydrogen) atoms. The lowest BCUT2D eigenvalue weighted by Crippen LogP contribution is -2.32. The number of hydrogen-bond donors (Lipinski definition) is 1. The van der Waals surface area contributed by atoms with Crippen LogP contribution in [0, 0.1) is 6.92 Å². The first-order valence-corrected chi connectivity index (χ1v) is 8.20. The fourth-order valence-electron chi connectivity index (χ4n) is 2.25. The van der Waals surface area contributed by atoms with Crippen molar-refractivity contribution in [1.82, 2.24) is 15.3 Å². The Balaban J connectivity index is 1.89. The van der Waals surface area contributed by atoms with E-state index in [4.69, 9.17) is 0 Å². The highest BCUT2D eigenvalue weighted by molar-refractivity contribution is 7.09. The molecule has 0 aliphatic rings. The van der Waals surface area contributed by atoms with E-state index < -0.39 is 0 Å². The van der Waals surface area contributed by atoms with E-state index in [1.165, 1.54) is 11.4 Å². The molecule has 1 atom stereocenters. The second-order valence-electron chi connectivity index (χ2n) is 5.07. The van der Waals surface area contributed by atoms with E-state index in [-0.39, 0.29) is 0 Å². The first-order chi connectivity index (χ1) is 9.78. The van der Waals surface area contributed by atoms with E-state index in [0.717, 1.165) is 37.2 Å². The number of thiazole rings is 1. The number of pyridine rings is 1. The molecule has 0 saturated carbocycles. The summed E-state index contributed by atoms with van der Waals surface area (Å²) in [5.41, 5.74) is 2.38. The van der Waals surface area contributed by atoms with Gasteiger partial charge < -0.3 is 5.32 Å². The van der Waals surface area contributed by atoms with Crippen LogP contribution in [0.25, 0.3) is 0 Å². The minimum absolute atomic E-state index is 0.485. The highest BCUT2D eigenvalue weighted by Gasteiger charge is 2.11. The largest absolute Gasteiger partial charge is 0.314 e. The van der Waals surface area contributed by atoms with Gasteiger partial charge in [-0.25, -0.2) is 4.98 Å². The van der Waals surface area contributed by atoms with Crippen LogP contribution in [-0.2, 0) is 12.8 Å². The molecule has 1 N–H and O–H groups in total. The van der Waals surface area contributed by atoms with Gasteiger partial charge in [0.2, 0.25) is 0 Å². The molecular weight excluding hydrogens is 266 g/mol. The van der Waals surface area contributed by atoms with Crippen molar-refractivity contribution in [3.63, 3.8) is 0 Å². The Morgan fingerprint density at radius 3 is 2.85 bits per heavy atom. The monoisotopic (exact) mass is 289 g/mol. The molecule has 0 amide bonds. The van der Waals surface area contributed by atoms with Gasteiger partial charge in [-0.1, -0.05) is 13.0 Å². The van der Waals surface area contributed by atoms with E-state index in [0.29, 0.717) is 6.04 Å². The average molecular weight is 289 g/mol. The van der Waals surface area contributed by atoms with Gasteiger partial charge in [-0.15, -0.1) is 11.3 Å². The van der Waals surface area contributed by atoms with Gasteiger partial charge in [0.15, 0.2) is 0 Å². The molecule has 2 heterocycles. The number of rotatable bonds is 8. The van der Waals surface area contributed by atoms with Gasteiger partial charge in [0.05, 0.1) is 10.7 Å². The zero-order chi connectivity index (χ0) is 14.2. The highest BCUT2D eigenvalue weighted by Crippen LogP contribution is 2.12. The molecule has 0 spiro atoms. The molecule has 0 aromatic carbocycles. The summed E-state index contributed by atoms with van der Waals surface area (Å²) >= 11 is 1.73. The highest BCUT2D eigenvalue weighted by atomic mass is 32.1. The number of nitrogens with one attached hydrogen (secondary N) is 1. The third-order valence-electron chi connectivity index (χ3n) is 3.28. The number of aromatic nitrogens is 2. The molecule has 1 unspecified atom stereocenters. The van der Waals surface area contributed by atoms with Crippen molar-refractivity contribution in [2.45, 2.75) is 45.6 Å². The van der Waals surface area contributed by atoms with Gasteiger partial charge in [-0.3, -0.25) is 4.98 Å². The Morgan fingerprint density at radius 1 is 1.30 bits per heavy atom. The van der Waals surface area contributed by atoms with Crippen LogP contribution in [0.2, 0.25) is 0 Å². The minimum atomic E-state index is 0.485. The molecule has 0 bridgehead atoms. The SMILES string of the molecule is CCCNC(CCc1ccccn1)Cc1csc(C)n1. The fraction of sp³-hybridized carbons (Fsp3) is 0.500. The zero-order valence-corrected chi connectivity index (χ0v) is 13.1. The predicted octanol–water partition coefficient (Wildman–Crippen LogP) is 3.39. The van der Waals surface area contributed by atoms with E-state index in [1.807, 2.05) is 12.3 Å². The quantitative estimate of drug-likeness (QED) is 0.809. The average Bonchev–Trinajstić information content (AvgIpc) is 2.88. The first-order valence-electron chi connectivity index (χ1n) is 7.32. The Hall–Kier alpha value is -1.26. The molecule has 4 heteroatoms. The summed E-state index contributed by atoms with van der Waals surface area (Å²) in [7, 11) is 0. The second kappa shape index (κ2) is 8.12. The van der Waals surface area contributed by atoms with Crippen LogP contribution < -0.4 is 5.32 Å².